The zero-order chi connectivity index (χ0) is 14.1. The highest BCUT2D eigenvalue weighted by Gasteiger charge is 2.27. The lowest BCUT2D eigenvalue weighted by molar-refractivity contribution is 0.459. The molecule has 0 spiro atoms. The molecular weight excluding hydrogens is 232 g/mol. The van der Waals surface area contributed by atoms with E-state index in [-0.39, 0.29) is 0 Å². The highest BCUT2D eigenvalue weighted by molar-refractivity contribution is 6.06. The average molecular weight is 258 g/mol. The van der Waals surface area contributed by atoms with Crippen LogP contribution in [0.15, 0.2) is 46.7 Å². The molecule has 0 aromatic rings. The highest BCUT2D eigenvalue weighted by Crippen LogP contribution is 2.29. The van der Waals surface area contributed by atoms with Gasteiger partial charge in [-0.25, -0.2) is 0 Å². The van der Waals surface area contributed by atoms with E-state index < -0.39 is 0 Å². The second kappa shape index (κ2) is 8.63. The molecule has 0 aliphatic carbocycles. The summed E-state index contributed by atoms with van der Waals surface area (Å²) in [7, 11) is 0. The van der Waals surface area contributed by atoms with Crippen LogP contribution in [0, 0.1) is 11.8 Å². The van der Waals surface area contributed by atoms with Gasteiger partial charge in [-0.1, -0.05) is 57.6 Å². The molecule has 1 rings (SSSR count). The fourth-order valence-electron chi connectivity index (χ4n) is 2.64. The van der Waals surface area contributed by atoms with Crippen molar-refractivity contribution < 1.29 is 0 Å². The molecule has 0 saturated carbocycles. The van der Waals surface area contributed by atoms with Crippen LogP contribution < -0.4 is 0 Å². The van der Waals surface area contributed by atoms with Crippen LogP contribution in [0.25, 0.3) is 0 Å². The molecule has 0 aromatic carbocycles. The van der Waals surface area contributed by atoms with Gasteiger partial charge in [0.2, 0.25) is 0 Å². The molecule has 0 radical (unpaired) electrons. The minimum absolute atomic E-state index is 0.491. The number of allylic oxidation sites excluding steroid dienone is 5. The van der Waals surface area contributed by atoms with Crippen LogP contribution in [0.3, 0.4) is 0 Å². The smallest absolute Gasteiger partial charge is 0.0739 e. The zero-order valence-electron chi connectivity index (χ0n) is 12.5. The predicted molar refractivity (Wildman–Crippen MR) is 85.8 cm³/mol. The summed E-state index contributed by atoms with van der Waals surface area (Å²) >= 11 is 0. The maximum Gasteiger partial charge on any atom is 0.0739 e. The van der Waals surface area contributed by atoms with Crippen molar-refractivity contribution in [1.29, 1.82) is 0 Å². The molecule has 1 aliphatic heterocycles. The van der Waals surface area contributed by atoms with Gasteiger partial charge in [-0.2, -0.15) is 10.2 Å². The molecule has 1 aliphatic rings. The van der Waals surface area contributed by atoms with Crippen molar-refractivity contribution in [2.24, 2.45) is 22.0 Å². The molecule has 104 valence electrons. The van der Waals surface area contributed by atoms with E-state index >= 15 is 0 Å². The van der Waals surface area contributed by atoms with E-state index in [1.807, 2.05) is 31.4 Å². The van der Waals surface area contributed by atoms with Gasteiger partial charge in [0, 0.05) is 18.1 Å². The first-order chi connectivity index (χ1) is 9.28. The van der Waals surface area contributed by atoms with Crippen LogP contribution in [-0.2, 0) is 0 Å². The summed E-state index contributed by atoms with van der Waals surface area (Å²) in [5.74, 6) is 1.01. The Balaban J connectivity index is 3.06. The van der Waals surface area contributed by atoms with Gasteiger partial charge < -0.3 is 0 Å². The minimum Gasteiger partial charge on any atom is -0.163 e. The van der Waals surface area contributed by atoms with Gasteiger partial charge in [0.15, 0.2) is 0 Å². The second-order valence-corrected chi connectivity index (χ2v) is 4.96. The molecule has 2 nitrogen and oxygen atoms in total. The highest BCUT2D eigenvalue weighted by atomic mass is 15.2. The molecule has 19 heavy (non-hydrogen) atoms. The maximum atomic E-state index is 4.42. The van der Waals surface area contributed by atoms with Crippen LogP contribution in [0.2, 0.25) is 0 Å². The van der Waals surface area contributed by atoms with Gasteiger partial charge in [-0.3, -0.25) is 0 Å². The molecule has 0 saturated heterocycles. The Kier molecular flexibility index (Phi) is 7.09. The van der Waals surface area contributed by atoms with Crippen molar-refractivity contribution in [1.82, 2.24) is 0 Å². The number of hydrogen-bond donors (Lipinski definition) is 0. The molecule has 0 aromatic heterocycles. The Morgan fingerprint density at radius 3 is 2.63 bits per heavy atom. The van der Waals surface area contributed by atoms with Gasteiger partial charge >= 0.3 is 0 Å². The van der Waals surface area contributed by atoms with Gasteiger partial charge in [-0.05, 0) is 25.3 Å². The Bertz CT molecular complexity index is 399. The normalized spacial score (nSPS) is 23.7. The first kappa shape index (κ1) is 15.6. The van der Waals surface area contributed by atoms with E-state index in [0.29, 0.717) is 11.8 Å². The fraction of sp³-hybridized carbons (Fsp3) is 0.529. The predicted octanol–water partition coefficient (Wildman–Crippen LogP) is 4.95. The van der Waals surface area contributed by atoms with Gasteiger partial charge in [0.25, 0.3) is 0 Å². The van der Waals surface area contributed by atoms with Crippen LogP contribution in [-0.4, -0.2) is 11.9 Å². The van der Waals surface area contributed by atoms with Crippen LogP contribution in [0.1, 0.15) is 46.5 Å². The quantitative estimate of drug-likeness (QED) is 0.577. The topological polar surface area (TPSA) is 24.7 Å². The lowest BCUT2D eigenvalue weighted by atomic mass is 9.79. The van der Waals surface area contributed by atoms with Crippen LogP contribution >= 0.6 is 0 Å². The van der Waals surface area contributed by atoms with Crippen molar-refractivity contribution >= 4 is 11.9 Å². The molecule has 0 N–H and O–H groups in total. The molecular formula is C17H26N2. The van der Waals surface area contributed by atoms with E-state index in [1.165, 1.54) is 25.7 Å². The lowest BCUT2D eigenvalue weighted by Gasteiger charge is -2.27. The van der Waals surface area contributed by atoms with Gasteiger partial charge in [-0.15, -0.1) is 0 Å². The summed E-state index contributed by atoms with van der Waals surface area (Å²) < 4.78 is 0. The molecule has 0 fully saturated rings. The summed E-state index contributed by atoms with van der Waals surface area (Å²) in [5.41, 5.74) is 2.27. The monoisotopic (exact) mass is 258 g/mol. The largest absolute Gasteiger partial charge is 0.163 e. The van der Waals surface area contributed by atoms with E-state index in [9.17, 15) is 0 Å². The third kappa shape index (κ3) is 4.30. The van der Waals surface area contributed by atoms with E-state index in [2.05, 4.69) is 36.7 Å². The standard InChI is InChI=1S/C17H26N2/c1-5-9-14(10-6-2)17-16(12-8-4)15(11-7-3)13-18-19-17/h5-6,9-10,13,15-16H,1,7-8,11-12H2,2-4H3/b10-6-,14-9+. The summed E-state index contributed by atoms with van der Waals surface area (Å²) in [5, 5.41) is 8.65. The fourth-order valence-corrected chi connectivity index (χ4v) is 2.64. The minimum atomic E-state index is 0.491. The van der Waals surface area contributed by atoms with Crippen molar-refractivity contribution in [2.45, 2.75) is 46.5 Å². The van der Waals surface area contributed by atoms with Crippen molar-refractivity contribution in [3.63, 3.8) is 0 Å². The molecule has 0 bridgehead atoms. The number of hydrogen-bond acceptors (Lipinski definition) is 2. The van der Waals surface area contributed by atoms with Crippen LogP contribution in [0.4, 0.5) is 0 Å². The number of nitrogens with zero attached hydrogens (tertiary/aromatic N) is 2. The molecule has 0 amide bonds. The SMILES string of the molecule is C=C/C=C(\C=C/C)C1=NN=CC(CCC)C1CCC. The Labute approximate surface area is 117 Å². The van der Waals surface area contributed by atoms with Crippen LogP contribution in [0.5, 0.6) is 0 Å². The summed E-state index contributed by atoms with van der Waals surface area (Å²) in [4.78, 5) is 0. The van der Waals surface area contributed by atoms with E-state index in [1.54, 1.807) is 0 Å². The summed E-state index contributed by atoms with van der Waals surface area (Å²) in [6.45, 7) is 10.3. The summed E-state index contributed by atoms with van der Waals surface area (Å²) in [6.07, 6.45) is 14.8. The first-order valence-corrected chi connectivity index (χ1v) is 7.35. The van der Waals surface area contributed by atoms with Gasteiger partial charge in [0.05, 0.1) is 5.71 Å². The molecule has 2 unspecified atom stereocenters. The Hall–Kier alpha value is -1.44. The zero-order valence-corrected chi connectivity index (χ0v) is 12.5. The third-order valence-electron chi connectivity index (χ3n) is 3.45. The number of rotatable bonds is 7. The van der Waals surface area contributed by atoms with Crippen molar-refractivity contribution in [3.8, 4) is 0 Å². The second-order valence-electron chi connectivity index (χ2n) is 4.96. The van der Waals surface area contributed by atoms with Crippen molar-refractivity contribution in [2.75, 3.05) is 0 Å². The summed E-state index contributed by atoms with van der Waals surface area (Å²) in [6, 6.07) is 0. The molecule has 2 heteroatoms. The van der Waals surface area contributed by atoms with Gasteiger partial charge in [0.1, 0.15) is 0 Å². The van der Waals surface area contributed by atoms with Crippen molar-refractivity contribution in [3.05, 3.63) is 36.5 Å². The van der Waals surface area contributed by atoms with E-state index in [4.69, 9.17) is 0 Å². The lowest BCUT2D eigenvalue weighted by Crippen LogP contribution is -2.28. The first-order valence-electron chi connectivity index (χ1n) is 7.35. The maximum absolute atomic E-state index is 4.42. The Morgan fingerprint density at radius 1 is 1.32 bits per heavy atom. The average Bonchev–Trinajstić information content (AvgIpc) is 2.41. The molecule has 1 heterocycles. The third-order valence-corrected chi connectivity index (χ3v) is 3.45. The molecule has 2 atom stereocenters. The Morgan fingerprint density at radius 2 is 2.05 bits per heavy atom. The van der Waals surface area contributed by atoms with E-state index in [0.717, 1.165) is 11.3 Å².